The van der Waals surface area contributed by atoms with Crippen LogP contribution in [0.15, 0.2) is 0 Å². The lowest BCUT2D eigenvalue weighted by Gasteiger charge is -2.08. The van der Waals surface area contributed by atoms with Gasteiger partial charge in [0.25, 0.3) is 0 Å². The van der Waals surface area contributed by atoms with Crippen LogP contribution in [0.4, 0.5) is 0 Å². The Bertz CT molecular complexity index is 177. The molecule has 0 aromatic carbocycles. The van der Waals surface area contributed by atoms with Crippen molar-refractivity contribution in [3.8, 4) is 0 Å². The van der Waals surface area contributed by atoms with Gasteiger partial charge in [0.15, 0.2) is 0 Å². The van der Waals surface area contributed by atoms with E-state index in [1.165, 1.54) is 90.0 Å². The van der Waals surface area contributed by atoms with Gasteiger partial charge in [-0.3, -0.25) is 0 Å². The van der Waals surface area contributed by atoms with E-state index < -0.39 is 0 Å². The highest BCUT2D eigenvalue weighted by Gasteiger charge is 1.94. The molecule has 1 N–H and O–H groups in total. The molecule has 0 saturated heterocycles. The predicted octanol–water partition coefficient (Wildman–Crippen LogP) is 5.42. The maximum atomic E-state index is 8.68. The Morgan fingerprint density at radius 3 is 1.10 bits per heavy atom. The van der Waals surface area contributed by atoms with Crippen molar-refractivity contribution < 1.29 is 5.11 Å². The van der Waals surface area contributed by atoms with Crippen molar-refractivity contribution in [3.63, 3.8) is 0 Å². The number of unbranched alkanes of at least 4 members (excludes halogenated alkanes) is 13. The standard InChI is InChI=1S/C18H39NO.ClH/c1-19(2)17-15-13-11-9-7-5-3-4-6-8-10-12-14-16-18-20;/h20H,3-18H2,1-2H3;1H. The molecule has 2 nitrogen and oxygen atoms in total. The first-order valence-corrected chi connectivity index (χ1v) is 9.03. The molecule has 21 heavy (non-hydrogen) atoms. The molecule has 0 aromatic heterocycles. The summed E-state index contributed by atoms with van der Waals surface area (Å²) >= 11 is 0. The van der Waals surface area contributed by atoms with Crippen molar-refractivity contribution in [2.75, 3.05) is 27.2 Å². The van der Waals surface area contributed by atoms with Gasteiger partial charge in [0.05, 0.1) is 0 Å². The molecule has 3 heteroatoms. The molecule has 0 radical (unpaired) electrons. The number of hydrogen-bond acceptors (Lipinski definition) is 2. The molecule has 0 unspecified atom stereocenters. The van der Waals surface area contributed by atoms with Gasteiger partial charge in [-0.25, -0.2) is 0 Å². The molecular weight excluding hydrogens is 282 g/mol. The average Bonchev–Trinajstić information content (AvgIpc) is 2.43. The number of halogens is 1. The second-order valence-corrected chi connectivity index (χ2v) is 6.48. The third kappa shape index (κ3) is 22.6. The molecule has 0 atom stereocenters. The fourth-order valence-corrected chi connectivity index (χ4v) is 2.66. The molecule has 0 bridgehead atoms. The largest absolute Gasteiger partial charge is 0.396 e. The van der Waals surface area contributed by atoms with Crippen LogP contribution in [-0.4, -0.2) is 37.3 Å². The summed E-state index contributed by atoms with van der Waals surface area (Å²) in [7, 11) is 4.32. The fourth-order valence-electron chi connectivity index (χ4n) is 2.66. The lowest BCUT2D eigenvalue weighted by molar-refractivity contribution is 0.282. The SMILES string of the molecule is CN(C)CCCCCCCCCCCCCCCCO.Cl. The number of nitrogens with zero attached hydrogens (tertiary/aromatic N) is 1. The topological polar surface area (TPSA) is 23.5 Å². The van der Waals surface area contributed by atoms with Crippen LogP contribution in [0.5, 0.6) is 0 Å². The summed E-state index contributed by atoms with van der Waals surface area (Å²) in [6.07, 6.45) is 19.1. The van der Waals surface area contributed by atoms with E-state index in [1.807, 2.05) is 0 Å². The molecule has 0 saturated carbocycles. The smallest absolute Gasteiger partial charge is 0.0431 e. The highest BCUT2D eigenvalue weighted by atomic mass is 35.5. The first-order valence-electron chi connectivity index (χ1n) is 9.03. The zero-order valence-electron chi connectivity index (χ0n) is 14.6. The molecule has 0 fully saturated rings. The molecular formula is C18H40ClNO. The van der Waals surface area contributed by atoms with Crippen LogP contribution in [0.2, 0.25) is 0 Å². The summed E-state index contributed by atoms with van der Waals surface area (Å²) in [6, 6.07) is 0. The van der Waals surface area contributed by atoms with E-state index in [0.717, 1.165) is 6.42 Å². The zero-order valence-corrected chi connectivity index (χ0v) is 15.4. The highest BCUT2D eigenvalue weighted by Crippen LogP contribution is 2.12. The number of aliphatic hydroxyl groups is 1. The molecule has 0 aliphatic carbocycles. The first-order chi connectivity index (χ1) is 9.77. The van der Waals surface area contributed by atoms with Crippen molar-refractivity contribution in [2.24, 2.45) is 0 Å². The highest BCUT2D eigenvalue weighted by molar-refractivity contribution is 5.85. The minimum Gasteiger partial charge on any atom is -0.396 e. The lowest BCUT2D eigenvalue weighted by Crippen LogP contribution is -2.12. The predicted molar refractivity (Wildman–Crippen MR) is 97.5 cm³/mol. The van der Waals surface area contributed by atoms with E-state index in [1.54, 1.807) is 0 Å². The van der Waals surface area contributed by atoms with Crippen molar-refractivity contribution in [3.05, 3.63) is 0 Å². The Hall–Kier alpha value is 0.210. The van der Waals surface area contributed by atoms with Gasteiger partial charge in [-0.2, -0.15) is 0 Å². The molecule has 0 spiro atoms. The summed E-state index contributed by atoms with van der Waals surface area (Å²) in [5, 5.41) is 8.68. The molecule has 0 rings (SSSR count). The number of aliphatic hydroxyl groups excluding tert-OH is 1. The molecule has 0 aliphatic rings. The van der Waals surface area contributed by atoms with E-state index in [9.17, 15) is 0 Å². The molecule has 0 heterocycles. The van der Waals surface area contributed by atoms with Gasteiger partial charge >= 0.3 is 0 Å². The second kappa shape index (κ2) is 20.2. The van der Waals surface area contributed by atoms with Gasteiger partial charge in [-0.15, -0.1) is 12.4 Å². The van der Waals surface area contributed by atoms with E-state index in [2.05, 4.69) is 19.0 Å². The van der Waals surface area contributed by atoms with Crippen molar-refractivity contribution >= 4 is 12.4 Å². The monoisotopic (exact) mass is 321 g/mol. The quantitative estimate of drug-likeness (QED) is 0.383. The summed E-state index contributed by atoms with van der Waals surface area (Å²) < 4.78 is 0. The summed E-state index contributed by atoms with van der Waals surface area (Å²) in [6.45, 7) is 1.62. The van der Waals surface area contributed by atoms with Gasteiger partial charge in [0, 0.05) is 6.61 Å². The van der Waals surface area contributed by atoms with Crippen molar-refractivity contribution in [2.45, 2.75) is 89.9 Å². The van der Waals surface area contributed by atoms with Gasteiger partial charge in [-0.05, 0) is 33.5 Å². The van der Waals surface area contributed by atoms with E-state index in [-0.39, 0.29) is 12.4 Å². The average molecular weight is 322 g/mol. The zero-order chi connectivity index (χ0) is 14.9. The van der Waals surface area contributed by atoms with Gasteiger partial charge < -0.3 is 10.0 Å². The summed E-state index contributed by atoms with van der Waals surface area (Å²) in [5.74, 6) is 0. The van der Waals surface area contributed by atoms with E-state index in [0.29, 0.717) is 6.61 Å². The van der Waals surface area contributed by atoms with Crippen LogP contribution < -0.4 is 0 Å². The van der Waals surface area contributed by atoms with Crippen LogP contribution in [0.3, 0.4) is 0 Å². The Kier molecular flexibility index (Phi) is 22.6. The maximum absolute atomic E-state index is 8.68. The van der Waals surface area contributed by atoms with Gasteiger partial charge in [0.1, 0.15) is 0 Å². The minimum absolute atomic E-state index is 0. The van der Waals surface area contributed by atoms with Gasteiger partial charge in [-0.1, -0.05) is 77.0 Å². The van der Waals surface area contributed by atoms with E-state index in [4.69, 9.17) is 5.11 Å². The number of rotatable bonds is 16. The Morgan fingerprint density at radius 2 is 0.810 bits per heavy atom. The molecule has 130 valence electrons. The Morgan fingerprint density at radius 1 is 0.524 bits per heavy atom. The normalized spacial score (nSPS) is 10.9. The van der Waals surface area contributed by atoms with Crippen LogP contribution in [0.25, 0.3) is 0 Å². The van der Waals surface area contributed by atoms with E-state index >= 15 is 0 Å². The first kappa shape index (κ1) is 23.5. The summed E-state index contributed by atoms with van der Waals surface area (Å²) in [5.41, 5.74) is 0. The molecule has 0 aliphatic heterocycles. The second-order valence-electron chi connectivity index (χ2n) is 6.48. The van der Waals surface area contributed by atoms with Crippen molar-refractivity contribution in [1.82, 2.24) is 4.90 Å². The lowest BCUT2D eigenvalue weighted by atomic mass is 10.0. The third-order valence-electron chi connectivity index (χ3n) is 4.01. The molecule has 0 amide bonds. The minimum atomic E-state index is 0. The van der Waals surface area contributed by atoms with Gasteiger partial charge in [0.2, 0.25) is 0 Å². The third-order valence-corrected chi connectivity index (χ3v) is 4.01. The van der Waals surface area contributed by atoms with Crippen LogP contribution >= 0.6 is 12.4 Å². The fraction of sp³-hybridized carbons (Fsp3) is 1.00. The van der Waals surface area contributed by atoms with Crippen LogP contribution in [0.1, 0.15) is 89.9 Å². The van der Waals surface area contributed by atoms with Crippen LogP contribution in [-0.2, 0) is 0 Å². The Labute approximate surface area is 140 Å². The van der Waals surface area contributed by atoms with Crippen LogP contribution in [0, 0.1) is 0 Å². The number of hydrogen-bond donors (Lipinski definition) is 1. The summed E-state index contributed by atoms with van der Waals surface area (Å²) in [4.78, 5) is 2.28. The molecule has 0 aromatic rings. The van der Waals surface area contributed by atoms with Crippen molar-refractivity contribution in [1.29, 1.82) is 0 Å². The maximum Gasteiger partial charge on any atom is 0.0431 e. The Balaban J connectivity index is 0.